The molecule has 1 aromatic heterocycles. The standard InChI is InChI=1S/C9H14N4O3S/c10-9-11-5-8(6-12-9)17(14,15)13-4-7-2-1-3-16-7/h5-7,13H,1-4H2,(H2,10,11,12). The number of ether oxygens (including phenoxy) is 1. The van der Waals surface area contributed by atoms with Gasteiger partial charge in [-0.05, 0) is 12.8 Å². The summed E-state index contributed by atoms with van der Waals surface area (Å²) < 4.78 is 31.4. The fourth-order valence-corrected chi connectivity index (χ4v) is 2.51. The van der Waals surface area contributed by atoms with Crippen LogP contribution in [0, 0.1) is 0 Å². The SMILES string of the molecule is Nc1ncc(S(=O)(=O)NCC2CCCO2)cn1. The lowest BCUT2D eigenvalue weighted by atomic mass is 10.2. The average Bonchev–Trinajstić information content (AvgIpc) is 2.80. The number of anilines is 1. The molecule has 2 rings (SSSR count). The summed E-state index contributed by atoms with van der Waals surface area (Å²) in [6.07, 6.45) is 4.16. The zero-order valence-corrected chi connectivity index (χ0v) is 9.98. The molecular formula is C9H14N4O3S. The van der Waals surface area contributed by atoms with E-state index >= 15 is 0 Å². The Kier molecular flexibility index (Phi) is 3.55. The van der Waals surface area contributed by atoms with Crippen molar-refractivity contribution in [2.45, 2.75) is 23.8 Å². The number of hydrogen-bond donors (Lipinski definition) is 2. The van der Waals surface area contributed by atoms with E-state index in [1.54, 1.807) is 0 Å². The highest BCUT2D eigenvalue weighted by Gasteiger charge is 2.20. The molecule has 3 N–H and O–H groups in total. The first-order valence-corrected chi connectivity index (χ1v) is 6.75. The Morgan fingerprint density at radius 1 is 1.47 bits per heavy atom. The summed E-state index contributed by atoms with van der Waals surface area (Å²) in [5, 5.41) is 0. The van der Waals surface area contributed by atoms with Gasteiger partial charge in [-0.3, -0.25) is 0 Å². The number of nitrogens with zero attached hydrogens (tertiary/aromatic N) is 2. The summed E-state index contributed by atoms with van der Waals surface area (Å²) in [7, 11) is -3.58. The van der Waals surface area contributed by atoms with Gasteiger partial charge in [0.05, 0.1) is 18.5 Å². The fraction of sp³-hybridized carbons (Fsp3) is 0.556. The number of rotatable bonds is 4. The third-order valence-corrected chi connectivity index (χ3v) is 3.86. The molecule has 17 heavy (non-hydrogen) atoms. The van der Waals surface area contributed by atoms with Gasteiger partial charge in [-0.1, -0.05) is 0 Å². The van der Waals surface area contributed by atoms with Gasteiger partial charge in [-0.25, -0.2) is 23.1 Å². The second kappa shape index (κ2) is 4.94. The third-order valence-electron chi connectivity index (χ3n) is 2.48. The number of hydrogen-bond acceptors (Lipinski definition) is 6. The summed E-state index contributed by atoms with van der Waals surface area (Å²) in [4.78, 5) is 7.29. The van der Waals surface area contributed by atoms with Gasteiger partial charge in [0.2, 0.25) is 16.0 Å². The molecule has 0 saturated carbocycles. The molecule has 0 spiro atoms. The molecule has 94 valence electrons. The molecule has 1 aromatic rings. The molecule has 2 heterocycles. The molecule has 1 fully saturated rings. The summed E-state index contributed by atoms with van der Waals surface area (Å²) in [5.41, 5.74) is 5.29. The van der Waals surface area contributed by atoms with Crippen LogP contribution < -0.4 is 10.5 Å². The van der Waals surface area contributed by atoms with Crippen LogP contribution in [0.25, 0.3) is 0 Å². The van der Waals surface area contributed by atoms with E-state index in [1.165, 1.54) is 12.4 Å². The predicted molar refractivity (Wildman–Crippen MR) is 60.6 cm³/mol. The molecule has 0 radical (unpaired) electrons. The Labute approximate surface area is 99.5 Å². The first-order chi connectivity index (χ1) is 8.08. The minimum absolute atomic E-state index is 0.00435. The van der Waals surface area contributed by atoms with Crippen molar-refractivity contribution in [2.75, 3.05) is 18.9 Å². The molecule has 0 aromatic carbocycles. The van der Waals surface area contributed by atoms with Crippen molar-refractivity contribution < 1.29 is 13.2 Å². The lowest BCUT2D eigenvalue weighted by Crippen LogP contribution is -2.32. The Morgan fingerprint density at radius 2 is 2.18 bits per heavy atom. The summed E-state index contributed by atoms with van der Waals surface area (Å²) in [6, 6.07) is 0. The average molecular weight is 258 g/mol. The molecule has 7 nitrogen and oxygen atoms in total. The predicted octanol–water partition coefficient (Wildman–Crippen LogP) is -0.484. The topological polar surface area (TPSA) is 107 Å². The molecule has 1 aliphatic heterocycles. The molecule has 1 aliphatic rings. The van der Waals surface area contributed by atoms with Gasteiger partial charge >= 0.3 is 0 Å². The zero-order chi connectivity index (χ0) is 12.3. The van der Waals surface area contributed by atoms with Gasteiger partial charge in [0.1, 0.15) is 4.90 Å². The van der Waals surface area contributed by atoms with E-state index in [1.807, 2.05) is 0 Å². The summed E-state index contributed by atoms with van der Waals surface area (Å²) >= 11 is 0. The van der Waals surface area contributed by atoms with Crippen LogP contribution >= 0.6 is 0 Å². The van der Waals surface area contributed by atoms with Crippen LogP contribution in [0.1, 0.15) is 12.8 Å². The van der Waals surface area contributed by atoms with Crippen LogP contribution in [-0.2, 0) is 14.8 Å². The van der Waals surface area contributed by atoms with Crippen molar-refractivity contribution in [3.63, 3.8) is 0 Å². The van der Waals surface area contributed by atoms with Crippen molar-refractivity contribution in [3.05, 3.63) is 12.4 Å². The maximum Gasteiger partial charge on any atom is 0.243 e. The maximum absolute atomic E-state index is 11.8. The maximum atomic E-state index is 11.8. The van der Waals surface area contributed by atoms with Gasteiger partial charge in [0.25, 0.3) is 0 Å². The van der Waals surface area contributed by atoms with Crippen LogP contribution in [0.4, 0.5) is 5.95 Å². The van der Waals surface area contributed by atoms with Crippen LogP contribution in [-0.4, -0.2) is 37.6 Å². The molecule has 1 atom stereocenters. The third kappa shape index (κ3) is 3.11. The highest BCUT2D eigenvalue weighted by atomic mass is 32.2. The van der Waals surface area contributed by atoms with Gasteiger partial charge in [-0.2, -0.15) is 0 Å². The first-order valence-electron chi connectivity index (χ1n) is 5.27. The van der Waals surface area contributed by atoms with Crippen LogP contribution in [0.15, 0.2) is 17.3 Å². The van der Waals surface area contributed by atoms with Gasteiger partial charge in [0, 0.05) is 13.2 Å². The van der Waals surface area contributed by atoms with Crippen molar-refractivity contribution in [3.8, 4) is 0 Å². The number of nitrogen functional groups attached to an aromatic ring is 1. The molecular weight excluding hydrogens is 244 g/mol. The Morgan fingerprint density at radius 3 is 2.76 bits per heavy atom. The van der Waals surface area contributed by atoms with Crippen LogP contribution in [0.2, 0.25) is 0 Å². The summed E-state index contributed by atoms with van der Waals surface area (Å²) in [5.74, 6) is 0.0445. The fourth-order valence-electron chi connectivity index (χ4n) is 1.56. The molecule has 1 saturated heterocycles. The lowest BCUT2D eigenvalue weighted by molar-refractivity contribution is 0.114. The Balaban J connectivity index is 2.00. The van der Waals surface area contributed by atoms with Crippen LogP contribution in [0.5, 0.6) is 0 Å². The highest BCUT2D eigenvalue weighted by molar-refractivity contribution is 7.89. The molecule has 0 aliphatic carbocycles. The zero-order valence-electron chi connectivity index (χ0n) is 9.17. The minimum Gasteiger partial charge on any atom is -0.377 e. The Bertz CT molecular complexity index is 468. The number of nitrogens with two attached hydrogens (primary N) is 1. The van der Waals surface area contributed by atoms with Gasteiger partial charge in [0.15, 0.2) is 0 Å². The van der Waals surface area contributed by atoms with E-state index in [0.717, 1.165) is 12.8 Å². The number of nitrogens with one attached hydrogen (secondary N) is 1. The Hall–Kier alpha value is -1.25. The lowest BCUT2D eigenvalue weighted by Gasteiger charge is -2.10. The molecule has 0 bridgehead atoms. The van der Waals surface area contributed by atoms with Gasteiger partial charge < -0.3 is 10.5 Å². The number of aromatic nitrogens is 2. The molecule has 1 unspecified atom stereocenters. The van der Waals surface area contributed by atoms with E-state index in [9.17, 15) is 8.42 Å². The second-order valence-electron chi connectivity index (χ2n) is 3.76. The number of sulfonamides is 1. The van der Waals surface area contributed by atoms with Gasteiger partial charge in [-0.15, -0.1) is 0 Å². The largest absolute Gasteiger partial charge is 0.377 e. The summed E-state index contributed by atoms with van der Waals surface area (Å²) in [6.45, 7) is 0.962. The van der Waals surface area contributed by atoms with E-state index in [-0.39, 0.29) is 23.5 Å². The second-order valence-corrected chi connectivity index (χ2v) is 5.53. The van der Waals surface area contributed by atoms with Crippen LogP contribution in [0.3, 0.4) is 0 Å². The van der Waals surface area contributed by atoms with Crippen molar-refractivity contribution in [1.82, 2.24) is 14.7 Å². The molecule has 8 heteroatoms. The van der Waals surface area contributed by atoms with E-state index in [0.29, 0.717) is 6.61 Å². The van der Waals surface area contributed by atoms with Crippen molar-refractivity contribution >= 4 is 16.0 Å². The van der Waals surface area contributed by atoms with E-state index < -0.39 is 10.0 Å². The normalized spacial score (nSPS) is 20.6. The monoisotopic (exact) mass is 258 g/mol. The minimum atomic E-state index is -3.58. The first kappa shape index (κ1) is 12.2. The van der Waals surface area contributed by atoms with E-state index in [2.05, 4.69) is 14.7 Å². The quantitative estimate of drug-likeness (QED) is 0.755. The van der Waals surface area contributed by atoms with Crippen molar-refractivity contribution in [2.24, 2.45) is 0 Å². The smallest absolute Gasteiger partial charge is 0.243 e. The molecule has 0 amide bonds. The van der Waals surface area contributed by atoms with Crippen molar-refractivity contribution in [1.29, 1.82) is 0 Å². The van der Waals surface area contributed by atoms with E-state index in [4.69, 9.17) is 10.5 Å². The highest BCUT2D eigenvalue weighted by Crippen LogP contribution is 2.12.